The Kier molecular flexibility index (Phi) is 7.95. The smallest absolute Gasteiger partial charge is 0.261 e. The number of hydrogen-bond donors (Lipinski definition) is 3. The Labute approximate surface area is 178 Å². The highest BCUT2D eigenvalue weighted by molar-refractivity contribution is 9.10. The molecule has 3 N–H and O–H groups in total. The van der Waals surface area contributed by atoms with E-state index >= 15 is 0 Å². The maximum absolute atomic E-state index is 12.6. The van der Waals surface area contributed by atoms with Gasteiger partial charge in [-0.15, -0.1) is 0 Å². The van der Waals surface area contributed by atoms with Gasteiger partial charge in [-0.2, -0.15) is 0 Å². The minimum Gasteiger partial charge on any atom is -0.493 e. The maximum Gasteiger partial charge on any atom is 0.261 e. The lowest BCUT2D eigenvalue weighted by atomic mass is 10.1. The lowest BCUT2D eigenvalue weighted by Crippen LogP contribution is -2.34. The third-order valence-electron chi connectivity index (χ3n) is 3.89. The van der Waals surface area contributed by atoms with E-state index in [1.165, 1.54) is 0 Å². The molecule has 0 bridgehead atoms. The van der Waals surface area contributed by atoms with Gasteiger partial charge in [-0.1, -0.05) is 28.9 Å². The lowest BCUT2D eigenvalue weighted by molar-refractivity contribution is -0.115. The molecule has 0 unspecified atom stereocenters. The minimum atomic E-state index is -0.379. The van der Waals surface area contributed by atoms with E-state index in [2.05, 4.69) is 31.9 Å². The van der Waals surface area contributed by atoms with Gasteiger partial charge in [0.15, 0.2) is 5.11 Å². The molecule has 28 heavy (non-hydrogen) atoms. The van der Waals surface area contributed by atoms with E-state index < -0.39 is 0 Å². The molecule has 148 valence electrons. The highest BCUT2D eigenvalue weighted by Gasteiger charge is 2.15. The van der Waals surface area contributed by atoms with Crippen molar-refractivity contribution in [2.75, 3.05) is 17.2 Å². The fraction of sp³-hybridized carbons (Fsp3) is 0.250. The van der Waals surface area contributed by atoms with E-state index in [-0.39, 0.29) is 16.9 Å². The number of halogens is 1. The van der Waals surface area contributed by atoms with Crippen LogP contribution in [-0.4, -0.2) is 23.5 Å². The predicted molar refractivity (Wildman–Crippen MR) is 119 cm³/mol. The number of nitrogens with one attached hydrogen (secondary N) is 3. The molecular formula is C20H22BrN3O3S. The number of carbonyl (C=O) groups is 2. The molecule has 0 aliphatic carbocycles. The molecule has 0 radical (unpaired) electrons. The molecule has 6 nitrogen and oxygen atoms in total. The molecule has 2 amide bonds. The van der Waals surface area contributed by atoms with Gasteiger partial charge in [-0.05, 0) is 62.0 Å². The molecule has 0 atom stereocenters. The van der Waals surface area contributed by atoms with Gasteiger partial charge in [0.1, 0.15) is 5.75 Å². The van der Waals surface area contributed by atoms with E-state index in [9.17, 15) is 9.59 Å². The first-order chi connectivity index (χ1) is 13.3. The predicted octanol–water partition coefficient (Wildman–Crippen LogP) is 4.63. The molecule has 8 heteroatoms. The average molecular weight is 464 g/mol. The van der Waals surface area contributed by atoms with Crippen molar-refractivity contribution in [1.82, 2.24) is 5.32 Å². The summed E-state index contributed by atoms with van der Waals surface area (Å²) >= 11 is 8.64. The molecular weight excluding hydrogens is 442 g/mol. The Balaban J connectivity index is 2.13. The van der Waals surface area contributed by atoms with Crippen LogP contribution in [-0.2, 0) is 4.79 Å². The summed E-state index contributed by atoms with van der Waals surface area (Å²) in [7, 11) is 0. The first kappa shape index (κ1) is 21.8. The fourth-order valence-corrected chi connectivity index (χ4v) is 2.99. The minimum absolute atomic E-state index is 0.0748. The largest absolute Gasteiger partial charge is 0.493 e. The number of carbonyl (C=O) groups excluding carboxylic acids is 2. The van der Waals surface area contributed by atoms with Crippen molar-refractivity contribution < 1.29 is 14.3 Å². The van der Waals surface area contributed by atoms with Crippen LogP contribution < -0.4 is 20.7 Å². The van der Waals surface area contributed by atoms with E-state index in [1.807, 2.05) is 26.0 Å². The Morgan fingerprint density at radius 2 is 1.79 bits per heavy atom. The van der Waals surface area contributed by atoms with Crippen molar-refractivity contribution in [3.8, 4) is 5.75 Å². The number of thiocarbonyl (C=S) groups is 1. The summed E-state index contributed by atoms with van der Waals surface area (Å²) in [6, 6.07) is 10.6. The molecule has 2 aromatic carbocycles. The summed E-state index contributed by atoms with van der Waals surface area (Å²) in [6.07, 6.45) is 0.389. The first-order valence-corrected chi connectivity index (χ1v) is 10.00. The van der Waals surface area contributed by atoms with Crippen LogP contribution in [0.3, 0.4) is 0 Å². The van der Waals surface area contributed by atoms with Gasteiger partial charge in [0, 0.05) is 22.3 Å². The second-order valence-corrected chi connectivity index (χ2v) is 7.19. The molecule has 0 spiro atoms. The molecule has 0 aliphatic heterocycles. The van der Waals surface area contributed by atoms with Gasteiger partial charge in [-0.3, -0.25) is 14.9 Å². The van der Waals surface area contributed by atoms with Crippen LogP contribution in [0.1, 0.15) is 36.2 Å². The second-order valence-electron chi connectivity index (χ2n) is 5.86. The molecule has 0 heterocycles. The molecule has 2 rings (SSSR count). The highest BCUT2D eigenvalue weighted by atomic mass is 79.9. The quantitative estimate of drug-likeness (QED) is 0.544. The summed E-state index contributed by atoms with van der Waals surface area (Å²) in [5, 5.41) is 8.65. The van der Waals surface area contributed by atoms with Gasteiger partial charge in [0.05, 0.1) is 12.2 Å². The maximum atomic E-state index is 12.6. The first-order valence-electron chi connectivity index (χ1n) is 8.79. The van der Waals surface area contributed by atoms with Crippen LogP contribution in [0.2, 0.25) is 0 Å². The topological polar surface area (TPSA) is 79.5 Å². The van der Waals surface area contributed by atoms with E-state index in [1.54, 1.807) is 31.2 Å². The SMILES string of the molecule is CCOc1ccc(Br)cc1C(=O)NC(=S)Nc1cccc(NC(=O)CC)c1C. The van der Waals surface area contributed by atoms with E-state index in [0.717, 1.165) is 10.0 Å². The number of anilines is 2. The monoisotopic (exact) mass is 463 g/mol. The summed E-state index contributed by atoms with van der Waals surface area (Å²) in [5.41, 5.74) is 2.58. The van der Waals surface area contributed by atoms with Crippen LogP contribution in [0.25, 0.3) is 0 Å². The van der Waals surface area contributed by atoms with Crippen LogP contribution >= 0.6 is 28.1 Å². The number of benzene rings is 2. The molecule has 0 saturated heterocycles. The fourth-order valence-electron chi connectivity index (χ4n) is 2.43. The van der Waals surface area contributed by atoms with E-state index in [4.69, 9.17) is 17.0 Å². The lowest BCUT2D eigenvalue weighted by Gasteiger charge is -2.16. The zero-order valence-electron chi connectivity index (χ0n) is 15.9. The van der Waals surface area contributed by atoms with Gasteiger partial charge in [0.25, 0.3) is 5.91 Å². The van der Waals surface area contributed by atoms with Crippen LogP contribution in [0.15, 0.2) is 40.9 Å². The second kappa shape index (κ2) is 10.2. The number of rotatable bonds is 6. The van der Waals surface area contributed by atoms with E-state index in [0.29, 0.717) is 35.7 Å². The Morgan fingerprint density at radius 1 is 1.11 bits per heavy atom. The molecule has 2 aromatic rings. The van der Waals surface area contributed by atoms with Crippen molar-refractivity contribution in [2.45, 2.75) is 27.2 Å². The normalized spacial score (nSPS) is 10.1. The van der Waals surface area contributed by atoms with Gasteiger partial charge >= 0.3 is 0 Å². The van der Waals surface area contributed by atoms with Gasteiger partial charge in [-0.25, -0.2) is 0 Å². The van der Waals surface area contributed by atoms with Crippen molar-refractivity contribution in [3.63, 3.8) is 0 Å². The van der Waals surface area contributed by atoms with Crippen molar-refractivity contribution >= 4 is 56.4 Å². The average Bonchev–Trinajstić information content (AvgIpc) is 2.66. The van der Waals surface area contributed by atoms with Gasteiger partial charge < -0.3 is 15.4 Å². The number of ether oxygens (including phenoxy) is 1. The Hall–Kier alpha value is -2.45. The van der Waals surface area contributed by atoms with Crippen molar-refractivity contribution in [3.05, 3.63) is 52.0 Å². The molecule has 0 fully saturated rings. The molecule has 0 aromatic heterocycles. The number of hydrogen-bond acceptors (Lipinski definition) is 4. The standard InChI is InChI=1S/C20H22BrN3O3S/c1-4-18(25)22-15-7-6-8-16(12(15)3)23-20(28)24-19(26)14-11-13(21)9-10-17(14)27-5-2/h6-11H,4-5H2,1-3H3,(H,22,25)(H2,23,24,26,28). The zero-order valence-corrected chi connectivity index (χ0v) is 18.3. The Bertz CT molecular complexity index is 902. The highest BCUT2D eigenvalue weighted by Crippen LogP contribution is 2.25. The Morgan fingerprint density at radius 3 is 2.43 bits per heavy atom. The van der Waals surface area contributed by atoms with Crippen LogP contribution in [0, 0.1) is 6.92 Å². The summed E-state index contributed by atoms with van der Waals surface area (Å²) in [4.78, 5) is 24.3. The summed E-state index contributed by atoms with van der Waals surface area (Å²) in [6.45, 7) is 5.94. The van der Waals surface area contributed by atoms with Crippen molar-refractivity contribution in [1.29, 1.82) is 0 Å². The third kappa shape index (κ3) is 5.77. The number of amides is 2. The van der Waals surface area contributed by atoms with Crippen LogP contribution in [0.4, 0.5) is 11.4 Å². The third-order valence-corrected chi connectivity index (χ3v) is 4.59. The van der Waals surface area contributed by atoms with Gasteiger partial charge in [0.2, 0.25) is 5.91 Å². The zero-order chi connectivity index (χ0) is 20.7. The summed E-state index contributed by atoms with van der Waals surface area (Å²) < 4.78 is 6.27. The molecule has 0 saturated carbocycles. The van der Waals surface area contributed by atoms with Crippen LogP contribution in [0.5, 0.6) is 5.75 Å². The summed E-state index contributed by atoms with van der Waals surface area (Å²) in [5.74, 6) is 0.0241. The molecule has 0 aliphatic rings. The van der Waals surface area contributed by atoms with Crippen molar-refractivity contribution in [2.24, 2.45) is 0 Å².